The number of nitrogens with one attached hydrogen (secondary N) is 1. The third-order valence-electron chi connectivity index (χ3n) is 4.41. The number of ether oxygens (including phenoxy) is 1. The molecule has 1 heterocycles. The van der Waals surface area contributed by atoms with Crippen molar-refractivity contribution in [3.8, 4) is 17.0 Å². The minimum absolute atomic E-state index is 0.181. The van der Waals surface area contributed by atoms with Gasteiger partial charge in [-0.05, 0) is 49.4 Å². The molecule has 3 rings (SSSR count). The number of benzene rings is 2. The molecule has 29 heavy (non-hydrogen) atoms. The zero-order valence-corrected chi connectivity index (χ0v) is 16.0. The van der Waals surface area contributed by atoms with Crippen LogP contribution in [0.5, 0.6) is 5.75 Å². The van der Waals surface area contributed by atoms with Crippen LogP contribution in [0.15, 0.2) is 65.5 Å². The number of nitrogens with zero attached hydrogens (tertiary/aromatic N) is 2. The van der Waals surface area contributed by atoms with E-state index >= 15 is 0 Å². The number of hydrogen-bond acceptors (Lipinski definition) is 5. The zero-order valence-electron chi connectivity index (χ0n) is 16.0. The van der Waals surface area contributed by atoms with E-state index in [9.17, 15) is 14.4 Å². The molecule has 0 fully saturated rings. The number of para-hydroxylation sites is 1. The molecule has 0 saturated heterocycles. The fourth-order valence-electron chi connectivity index (χ4n) is 2.77. The summed E-state index contributed by atoms with van der Waals surface area (Å²) in [5, 5.41) is 6.96. The lowest BCUT2D eigenvalue weighted by Gasteiger charge is -2.16. The number of rotatable bonds is 6. The number of primary amides is 1. The van der Waals surface area contributed by atoms with Gasteiger partial charge < -0.3 is 15.8 Å². The van der Waals surface area contributed by atoms with Crippen molar-refractivity contribution >= 4 is 17.5 Å². The number of anilines is 1. The molecular formula is C21H20N4O4. The highest BCUT2D eigenvalue weighted by molar-refractivity contribution is 6.03. The van der Waals surface area contributed by atoms with Crippen LogP contribution in [0.4, 0.5) is 5.69 Å². The molecule has 8 nitrogen and oxygen atoms in total. The summed E-state index contributed by atoms with van der Waals surface area (Å²) in [5.74, 6) is -0.464. The van der Waals surface area contributed by atoms with Crippen LogP contribution in [-0.4, -0.2) is 28.7 Å². The second kappa shape index (κ2) is 8.39. The van der Waals surface area contributed by atoms with E-state index in [4.69, 9.17) is 10.5 Å². The van der Waals surface area contributed by atoms with Gasteiger partial charge in [0.05, 0.1) is 24.1 Å². The highest BCUT2D eigenvalue weighted by Gasteiger charge is 2.20. The number of nitrogens with two attached hydrogens (primary N) is 1. The van der Waals surface area contributed by atoms with Crippen molar-refractivity contribution in [2.45, 2.75) is 13.0 Å². The van der Waals surface area contributed by atoms with Crippen molar-refractivity contribution < 1.29 is 14.3 Å². The summed E-state index contributed by atoms with van der Waals surface area (Å²) >= 11 is 0. The van der Waals surface area contributed by atoms with E-state index < -0.39 is 23.4 Å². The number of methoxy groups -OCH3 is 1. The zero-order chi connectivity index (χ0) is 21.0. The van der Waals surface area contributed by atoms with Crippen molar-refractivity contribution in [3.63, 3.8) is 0 Å². The van der Waals surface area contributed by atoms with Crippen LogP contribution in [-0.2, 0) is 4.79 Å². The molecule has 3 N–H and O–H groups in total. The average Bonchev–Trinajstić information content (AvgIpc) is 2.74. The molecule has 1 unspecified atom stereocenters. The highest BCUT2D eigenvalue weighted by atomic mass is 16.5. The third-order valence-corrected chi connectivity index (χ3v) is 4.41. The van der Waals surface area contributed by atoms with Gasteiger partial charge in [-0.1, -0.05) is 12.1 Å². The Hall–Kier alpha value is -3.94. The smallest absolute Gasteiger partial charge is 0.267 e. The summed E-state index contributed by atoms with van der Waals surface area (Å²) in [6.07, 6.45) is 0. The maximum atomic E-state index is 12.7. The number of carbonyl (C=O) groups is 2. The Morgan fingerprint density at radius 1 is 1.07 bits per heavy atom. The number of carbonyl (C=O) groups excluding carboxylic acids is 2. The van der Waals surface area contributed by atoms with Crippen molar-refractivity contribution in [1.82, 2.24) is 9.78 Å². The second-order valence-electron chi connectivity index (χ2n) is 6.30. The molecule has 1 aromatic heterocycles. The van der Waals surface area contributed by atoms with Gasteiger partial charge in [-0.15, -0.1) is 0 Å². The minimum atomic E-state index is -0.915. The maximum absolute atomic E-state index is 12.7. The summed E-state index contributed by atoms with van der Waals surface area (Å²) in [4.78, 5) is 36.5. The van der Waals surface area contributed by atoms with Crippen LogP contribution in [0.2, 0.25) is 0 Å². The van der Waals surface area contributed by atoms with Crippen molar-refractivity contribution in [3.05, 3.63) is 76.6 Å². The van der Waals surface area contributed by atoms with Gasteiger partial charge in [-0.3, -0.25) is 14.4 Å². The number of aromatic nitrogens is 2. The average molecular weight is 392 g/mol. The Morgan fingerprint density at radius 3 is 2.41 bits per heavy atom. The molecule has 2 aromatic carbocycles. The predicted octanol–water partition coefficient (Wildman–Crippen LogP) is 2.22. The van der Waals surface area contributed by atoms with E-state index in [0.717, 1.165) is 10.2 Å². The van der Waals surface area contributed by atoms with E-state index in [1.54, 1.807) is 50.4 Å². The summed E-state index contributed by atoms with van der Waals surface area (Å²) in [6.45, 7) is 1.55. The molecule has 0 bridgehead atoms. The van der Waals surface area contributed by atoms with E-state index in [1.165, 1.54) is 12.1 Å². The molecule has 0 aliphatic heterocycles. The second-order valence-corrected chi connectivity index (χ2v) is 6.30. The standard InChI is InChI=1S/C21H20N4O4/c1-13(21(28)23-18-6-4-3-5-16(18)20(22)27)25-19(26)12-11-17(24-25)14-7-9-15(29-2)10-8-14/h3-13H,1-2H3,(H2,22,27)(H,23,28). The summed E-state index contributed by atoms with van der Waals surface area (Å²) < 4.78 is 6.24. The minimum Gasteiger partial charge on any atom is -0.497 e. The van der Waals surface area contributed by atoms with E-state index in [-0.39, 0.29) is 11.3 Å². The van der Waals surface area contributed by atoms with E-state index in [2.05, 4.69) is 10.4 Å². The van der Waals surface area contributed by atoms with Gasteiger partial charge >= 0.3 is 0 Å². The van der Waals surface area contributed by atoms with Gasteiger partial charge in [0.25, 0.3) is 11.5 Å². The fraction of sp³-hybridized carbons (Fsp3) is 0.143. The third kappa shape index (κ3) is 4.32. The molecule has 1 atom stereocenters. The van der Waals surface area contributed by atoms with Gasteiger partial charge in [0.15, 0.2) is 0 Å². The first-order valence-corrected chi connectivity index (χ1v) is 8.84. The molecule has 0 aliphatic rings. The van der Waals surface area contributed by atoms with E-state index in [0.29, 0.717) is 11.4 Å². The topological polar surface area (TPSA) is 116 Å². The van der Waals surface area contributed by atoms with Crippen molar-refractivity contribution in [2.75, 3.05) is 12.4 Å². The lowest BCUT2D eigenvalue weighted by atomic mass is 10.1. The molecule has 0 radical (unpaired) electrons. The van der Waals surface area contributed by atoms with Crippen LogP contribution in [0.3, 0.4) is 0 Å². The Kier molecular flexibility index (Phi) is 5.73. The lowest BCUT2D eigenvalue weighted by Crippen LogP contribution is -2.33. The molecule has 0 spiro atoms. The van der Waals surface area contributed by atoms with Crippen molar-refractivity contribution in [1.29, 1.82) is 0 Å². The Labute approximate surface area is 166 Å². The quantitative estimate of drug-likeness (QED) is 0.667. The lowest BCUT2D eigenvalue weighted by molar-refractivity contribution is -0.119. The number of hydrogen-bond donors (Lipinski definition) is 2. The first-order valence-electron chi connectivity index (χ1n) is 8.84. The molecule has 148 valence electrons. The van der Waals surface area contributed by atoms with Crippen molar-refractivity contribution in [2.24, 2.45) is 5.73 Å². The summed E-state index contributed by atoms with van der Waals surface area (Å²) in [5.41, 5.74) is 6.67. The van der Waals surface area contributed by atoms with Crippen LogP contribution in [0.1, 0.15) is 23.3 Å². The van der Waals surface area contributed by atoms with Crippen LogP contribution in [0, 0.1) is 0 Å². The molecule has 3 aromatic rings. The maximum Gasteiger partial charge on any atom is 0.267 e. The monoisotopic (exact) mass is 392 g/mol. The summed E-state index contributed by atoms with van der Waals surface area (Å²) in [7, 11) is 1.57. The normalized spacial score (nSPS) is 11.5. The SMILES string of the molecule is COc1ccc(-c2ccc(=O)n(C(C)C(=O)Nc3ccccc3C(N)=O)n2)cc1. The first-order chi connectivity index (χ1) is 13.9. The van der Waals surface area contributed by atoms with Crippen LogP contribution < -0.4 is 21.3 Å². The highest BCUT2D eigenvalue weighted by Crippen LogP contribution is 2.21. The summed E-state index contributed by atoms with van der Waals surface area (Å²) in [6, 6.07) is 15.6. The molecule has 2 amide bonds. The first kappa shape index (κ1) is 19.8. The fourth-order valence-corrected chi connectivity index (χ4v) is 2.77. The Morgan fingerprint density at radius 2 is 1.76 bits per heavy atom. The largest absolute Gasteiger partial charge is 0.497 e. The van der Waals surface area contributed by atoms with Gasteiger partial charge in [0, 0.05) is 11.6 Å². The molecule has 0 saturated carbocycles. The molecule has 8 heteroatoms. The Bertz CT molecular complexity index is 1110. The van der Waals surface area contributed by atoms with E-state index in [1.807, 2.05) is 12.1 Å². The van der Waals surface area contributed by atoms with Gasteiger partial charge in [0.1, 0.15) is 11.8 Å². The van der Waals surface area contributed by atoms with Crippen LogP contribution in [0.25, 0.3) is 11.3 Å². The van der Waals surface area contributed by atoms with Gasteiger partial charge in [-0.2, -0.15) is 5.10 Å². The van der Waals surface area contributed by atoms with Gasteiger partial charge in [0.2, 0.25) is 5.91 Å². The van der Waals surface area contributed by atoms with Crippen LogP contribution >= 0.6 is 0 Å². The Balaban J connectivity index is 1.88. The van der Waals surface area contributed by atoms with Gasteiger partial charge in [-0.25, -0.2) is 4.68 Å². The molecular weight excluding hydrogens is 372 g/mol. The molecule has 0 aliphatic carbocycles. The number of amides is 2. The predicted molar refractivity (Wildman–Crippen MR) is 109 cm³/mol.